The number of fused-ring (bicyclic) bond motifs is 1. The molecule has 3 rings (SSSR count). The molecule has 0 saturated carbocycles. The lowest BCUT2D eigenvalue weighted by molar-refractivity contribution is -0.214. The van der Waals surface area contributed by atoms with Crippen LogP contribution in [0.1, 0.15) is 6.23 Å². The summed E-state index contributed by atoms with van der Waals surface area (Å²) in [6.07, 6.45) is -1.68. The van der Waals surface area contributed by atoms with Crippen LogP contribution in [-0.4, -0.2) is 61.5 Å². The molecule has 3 heterocycles. The summed E-state index contributed by atoms with van der Waals surface area (Å²) in [5.74, 6) is -2.42. The Morgan fingerprint density at radius 3 is 2.95 bits per heavy atom. The fourth-order valence-electron chi connectivity index (χ4n) is 2.39. The molecule has 0 aromatic carbocycles. The predicted molar refractivity (Wildman–Crippen MR) is 67.6 cm³/mol. The molecule has 0 aliphatic carbocycles. The summed E-state index contributed by atoms with van der Waals surface area (Å²) in [7, 11) is 1.10. The number of aromatic nitrogens is 4. The van der Waals surface area contributed by atoms with Gasteiger partial charge in [-0.3, -0.25) is 4.57 Å². The number of anilines is 1. The fourth-order valence-corrected chi connectivity index (χ4v) is 2.39. The lowest BCUT2D eigenvalue weighted by Gasteiger charge is -2.27. The molecule has 0 bridgehead atoms. The third-order valence-corrected chi connectivity index (χ3v) is 3.53. The second-order valence-electron chi connectivity index (χ2n) is 4.64. The van der Waals surface area contributed by atoms with E-state index >= 15 is 0 Å². The largest absolute Gasteiger partial charge is 0.394 e. The highest BCUT2D eigenvalue weighted by Gasteiger charge is 2.59. The third kappa shape index (κ3) is 1.87. The van der Waals surface area contributed by atoms with Crippen molar-refractivity contribution < 1.29 is 24.1 Å². The molecule has 2 aromatic heterocycles. The number of nitrogens with two attached hydrogens (primary N) is 1. The minimum absolute atomic E-state index is 0.137. The van der Waals surface area contributed by atoms with E-state index in [1.165, 1.54) is 17.2 Å². The Labute approximate surface area is 118 Å². The van der Waals surface area contributed by atoms with Crippen molar-refractivity contribution in [2.75, 3.05) is 19.5 Å². The van der Waals surface area contributed by atoms with E-state index in [1.54, 1.807) is 0 Å². The van der Waals surface area contributed by atoms with E-state index < -0.39 is 30.9 Å². The molecular weight excluding hydrogens is 285 g/mol. The smallest absolute Gasteiger partial charge is 0.283 e. The number of imidazole rings is 1. The number of hydrogen-bond acceptors (Lipinski definition) is 8. The minimum Gasteiger partial charge on any atom is -0.394 e. The van der Waals surface area contributed by atoms with E-state index in [0.29, 0.717) is 0 Å². The normalized spacial score (nSPS) is 32.9. The Bertz CT molecular complexity index is 667. The van der Waals surface area contributed by atoms with Gasteiger partial charge in [-0.05, 0) is 0 Å². The molecule has 1 aliphatic heterocycles. The van der Waals surface area contributed by atoms with Crippen LogP contribution in [0.5, 0.6) is 0 Å². The van der Waals surface area contributed by atoms with E-state index in [1.807, 2.05) is 0 Å². The van der Waals surface area contributed by atoms with Crippen molar-refractivity contribution in [2.45, 2.75) is 24.3 Å². The third-order valence-electron chi connectivity index (χ3n) is 3.53. The molecule has 0 amide bonds. The number of nitrogen functional groups attached to an aromatic ring is 1. The van der Waals surface area contributed by atoms with Gasteiger partial charge < -0.3 is 25.4 Å². The molecule has 21 heavy (non-hydrogen) atoms. The number of alkyl halides is 1. The maximum atomic E-state index is 14.9. The van der Waals surface area contributed by atoms with Gasteiger partial charge in [0, 0.05) is 7.11 Å². The number of methoxy groups -OCH3 is 1. The Morgan fingerprint density at radius 1 is 1.52 bits per heavy atom. The summed E-state index contributed by atoms with van der Waals surface area (Å²) in [6.45, 7) is -0.559. The van der Waals surface area contributed by atoms with Crippen molar-refractivity contribution in [1.29, 1.82) is 0 Å². The second-order valence-corrected chi connectivity index (χ2v) is 4.64. The van der Waals surface area contributed by atoms with E-state index in [-0.39, 0.29) is 17.0 Å². The Hall–Kier alpha value is -1.88. The van der Waals surface area contributed by atoms with Crippen LogP contribution in [0.15, 0.2) is 12.7 Å². The topological polar surface area (TPSA) is 129 Å². The lowest BCUT2D eigenvalue weighted by Crippen LogP contribution is -2.44. The molecule has 1 aliphatic rings. The molecule has 4 N–H and O–H groups in total. The minimum atomic E-state index is -2.55. The highest BCUT2D eigenvalue weighted by atomic mass is 19.2. The van der Waals surface area contributed by atoms with Gasteiger partial charge in [-0.2, -0.15) is 0 Å². The number of ether oxygens (including phenoxy) is 2. The van der Waals surface area contributed by atoms with E-state index in [4.69, 9.17) is 20.3 Å². The van der Waals surface area contributed by atoms with Crippen LogP contribution in [-0.2, 0) is 9.47 Å². The number of aliphatic hydroxyl groups is 2. The zero-order valence-corrected chi connectivity index (χ0v) is 11.0. The van der Waals surface area contributed by atoms with E-state index in [2.05, 4.69) is 15.0 Å². The van der Waals surface area contributed by atoms with Gasteiger partial charge in [-0.25, -0.2) is 19.3 Å². The van der Waals surface area contributed by atoms with Gasteiger partial charge in [0.1, 0.15) is 24.1 Å². The van der Waals surface area contributed by atoms with Crippen molar-refractivity contribution in [1.82, 2.24) is 19.5 Å². The van der Waals surface area contributed by atoms with Crippen LogP contribution in [0.25, 0.3) is 11.2 Å². The van der Waals surface area contributed by atoms with E-state index in [9.17, 15) is 9.50 Å². The van der Waals surface area contributed by atoms with Crippen LogP contribution in [0.4, 0.5) is 10.2 Å². The maximum Gasteiger partial charge on any atom is 0.283 e. The average Bonchev–Trinajstić information content (AvgIpc) is 3.01. The number of rotatable bonds is 3. The van der Waals surface area contributed by atoms with Crippen LogP contribution in [0.3, 0.4) is 0 Å². The first-order valence-corrected chi connectivity index (χ1v) is 6.14. The first-order chi connectivity index (χ1) is 10.0. The first kappa shape index (κ1) is 14.1. The first-order valence-electron chi connectivity index (χ1n) is 6.14. The van der Waals surface area contributed by atoms with Gasteiger partial charge in [-0.1, -0.05) is 0 Å². The fraction of sp³-hybridized carbons (Fsp3) is 0.545. The summed E-state index contributed by atoms with van der Waals surface area (Å²) < 4.78 is 26.3. The molecule has 0 spiro atoms. The molecule has 1 saturated heterocycles. The molecular formula is C11H14FN5O4. The van der Waals surface area contributed by atoms with Gasteiger partial charge in [0.2, 0.25) is 0 Å². The van der Waals surface area contributed by atoms with Gasteiger partial charge in [-0.15, -0.1) is 0 Å². The second kappa shape index (κ2) is 4.84. The Kier molecular flexibility index (Phi) is 3.24. The molecule has 114 valence electrons. The molecule has 4 atom stereocenters. The van der Waals surface area contributed by atoms with Crippen molar-refractivity contribution in [3.63, 3.8) is 0 Å². The van der Waals surface area contributed by atoms with Crippen molar-refractivity contribution >= 4 is 17.0 Å². The van der Waals surface area contributed by atoms with Crippen LogP contribution < -0.4 is 5.73 Å². The number of aliphatic hydroxyl groups excluding tert-OH is 2. The number of hydrogen-bond donors (Lipinski definition) is 3. The molecule has 2 aromatic rings. The van der Waals surface area contributed by atoms with Crippen LogP contribution in [0, 0.1) is 0 Å². The highest BCUT2D eigenvalue weighted by Crippen LogP contribution is 2.43. The molecule has 0 radical (unpaired) electrons. The lowest BCUT2D eigenvalue weighted by atomic mass is 10.1. The Balaban J connectivity index is 2.11. The van der Waals surface area contributed by atoms with Crippen molar-refractivity contribution in [3.05, 3.63) is 12.7 Å². The summed E-state index contributed by atoms with van der Waals surface area (Å²) in [5.41, 5.74) is 6.18. The monoisotopic (exact) mass is 299 g/mol. The van der Waals surface area contributed by atoms with Crippen LogP contribution in [0.2, 0.25) is 0 Å². The zero-order valence-electron chi connectivity index (χ0n) is 11.0. The molecule has 10 heteroatoms. The SMILES string of the molecule is CO[C@]1(F)[C@H](O)[C@@H](CO)O[C@H]1n1cnc2c(N)ncnc21. The maximum absolute atomic E-state index is 14.9. The van der Waals surface area contributed by atoms with Gasteiger partial charge in [0.05, 0.1) is 12.9 Å². The molecule has 1 fully saturated rings. The van der Waals surface area contributed by atoms with Crippen LogP contribution >= 0.6 is 0 Å². The highest BCUT2D eigenvalue weighted by molar-refractivity contribution is 5.81. The summed E-state index contributed by atoms with van der Waals surface area (Å²) in [6, 6.07) is 0. The van der Waals surface area contributed by atoms with Gasteiger partial charge >= 0.3 is 0 Å². The summed E-state index contributed by atoms with van der Waals surface area (Å²) >= 11 is 0. The Morgan fingerprint density at radius 2 is 2.29 bits per heavy atom. The zero-order chi connectivity index (χ0) is 15.2. The van der Waals surface area contributed by atoms with Crippen molar-refractivity contribution in [3.8, 4) is 0 Å². The predicted octanol–water partition coefficient (Wildman–Crippen LogP) is -1.03. The van der Waals surface area contributed by atoms with Crippen molar-refractivity contribution in [2.24, 2.45) is 0 Å². The standard InChI is InChI=1S/C11H14FN5O4/c1-20-11(12)7(19)5(2-18)21-10(11)17-4-16-6-8(13)14-3-15-9(6)17/h3-5,7,10,18-19H,2H2,1H3,(H2,13,14,15)/t5-,7-,10-,11-/m1/s1. The van der Waals surface area contributed by atoms with Gasteiger partial charge in [0.25, 0.3) is 5.85 Å². The quantitative estimate of drug-likeness (QED) is 0.656. The average molecular weight is 299 g/mol. The number of nitrogens with zero attached hydrogens (tertiary/aromatic N) is 4. The molecule has 0 unspecified atom stereocenters. The molecule has 9 nitrogen and oxygen atoms in total. The van der Waals surface area contributed by atoms with E-state index in [0.717, 1.165) is 7.11 Å². The summed E-state index contributed by atoms with van der Waals surface area (Å²) in [5, 5.41) is 19.1. The number of halogens is 1. The summed E-state index contributed by atoms with van der Waals surface area (Å²) in [4.78, 5) is 11.8. The van der Waals surface area contributed by atoms with Gasteiger partial charge in [0.15, 0.2) is 17.7 Å².